The lowest BCUT2D eigenvalue weighted by atomic mass is 10.1. The molecule has 0 radical (unpaired) electrons. The molecule has 0 aliphatic carbocycles. The van der Waals surface area contributed by atoms with Gasteiger partial charge >= 0.3 is 0 Å². The first-order valence-electron chi connectivity index (χ1n) is 9.78. The van der Waals surface area contributed by atoms with Gasteiger partial charge in [0.25, 0.3) is 5.91 Å². The maximum Gasteiger partial charge on any atom is 0.274 e. The second-order valence-corrected chi connectivity index (χ2v) is 8.06. The Balaban J connectivity index is 1.44. The predicted molar refractivity (Wildman–Crippen MR) is 111 cm³/mol. The molecule has 0 spiro atoms. The molecule has 3 heterocycles. The zero-order valence-corrected chi connectivity index (χ0v) is 17.0. The van der Waals surface area contributed by atoms with Gasteiger partial charge in [0, 0.05) is 44.9 Å². The highest BCUT2D eigenvalue weighted by atomic mass is 32.1. The third kappa shape index (κ3) is 4.27. The van der Waals surface area contributed by atoms with Crippen molar-refractivity contribution in [1.82, 2.24) is 19.6 Å². The number of hydrogen-bond donors (Lipinski definition) is 1. The SMILES string of the molecule is CN(CCc1ccccc1)C(=O)c1nc2sccn2c1CNC[C@H]1CCCO1. The molecule has 1 saturated heterocycles. The van der Waals surface area contributed by atoms with Crippen LogP contribution in [0.25, 0.3) is 4.96 Å². The summed E-state index contributed by atoms with van der Waals surface area (Å²) in [5.74, 6) is -0.0271. The van der Waals surface area contributed by atoms with Gasteiger partial charge in [0.1, 0.15) is 0 Å². The van der Waals surface area contributed by atoms with Crippen LogP contribution in [-0.2, 0) is 17.7 Å². The van der Waals surface area contributed by atoms with E-state index in [1.807, 2.05) is 41.2 Å². The molecule has 0 unspecified atom stereocenters. The number of fused-ring (bicyclic) bond motifs is 1. The second-order valence-electron chi connectivity index (χ2n) is 7.19. The number of ether oxygens (including phenoxy) is 1. The first kappa shape index (κ1) is 19.1. The summed E-state index contributed by atoms with van der Waals surface area (Å²) in [6, 6.07) is 10.2. The van der Waals surface area contributed by atoms with Crippen LogP contribution in [0.1, 0.15) is 34.6 Å². The summed E-state index contributed by atoms with van der Waals surface area (Å²) in [5.41, 5.74) is 2.69. The minimum atomic E-state index is -0.0271. The number of carbonyl (C=O) groups excluding carboxylic acids is 1. The molecule has 3 aromatic rings. The summed E-state index contributed by atoms with van der Waals surface area (Å²) < 4.78 is 7.70. The van der Waals surface area contributed by atoms with Crippen LogP contribution in [0, 0.1) is 0 Å². The Hall–Kier alpha value is -2.22. The molecule has 7 heteroatoms. The minimum absolute atomic E-state index is 0.0271. The number of amides is 1. The summed E-state index contributed by atoms with van der Waals surface area (Å²) >= 11 is 1.55. The van der Waals surface area contributed by atoms with Gasteiger partial charge in [-0.1, -0.05) is 30.3 Å². The van der Waals surface area contributed by atoms with Crippen molar-refractivity contribution in [1.29, 1.82) is 0 Å². The highest BCUT2D eigenvalue weighted by Crippen LogP contribution is 2.19. The number of aromatic nitrogens is 2. The van der Waals surface area contributed by atoms with Gasteiger partial charge in [0.15, 0.2) is 10.7 Å². The average Bonchev–Trinajstić information content (AvgIpc) is 3.45. The number of thiazole rings is 1. The van der Waals surface area contributed by atoms with E-state index in [9.17, 15) is 4.79 Å². The third-order valence-electron chi connectivity index (χ3n) is 5.18. The molecule has 1 amide bonds. The highest BCUT2D eigenvalue weighted by Gasteiger charge is 2.23. The lowest BCUT2D eigenvalue weighted by molar-refractivity contribution is 0.0790. The van der Waals surface area contributed by atoms with E-state index in [2.05, 4.69) is 22.4 Å². The quantitative estimate of drug-likeness (QED) is 0.634. The first-order chi connectivity index (χ1) is 13.7. The van der Waals surface area contributed by atoms with Crippen molar-refractivity contribution in [3.05, 3.63) is 58.9 Å². The van der Waals surface area contributed by atoms with E-state index >= 15 is 0 Å². The van der Waals surface area contributed by atoms with Crippen molar-refractivity contribution in [3.63, 3.8) is 0 Å². The lowest BCUT2D eigenvalue weighted by Crippen LogP contribution is -2.31. The fourth-order valence-corrected chi connectivity index (χ4v) is 4.29. The number of rotatable bonds is 8. The van der Waals surface area contributed by atoms with Gasteiger partial charge in [-0.15, -0.1) is 11.3 Å². The summed E-state index contributed by atoms with van der Waals surface area (Å²) in [4.78, 5) is 20.3. The largest absolute Gasteiger partial charge is 0.377 e. The molecule has 0 bridgehead atoms. The Morgan fingerprint density at radius 1 is 1.39 bits per heavy atom. The summed E-state index contributed by atoms with van der Waals surface area (Å²) in [6.07, 6.45) is 5.32. The highest BCUT2D eigenvalue weighted by molar-refractivity contribution is 7.15. The van der Waals surface area contributed by atoms with Crippen molar-refractivity contribution in [2.45, 2.75) is 31.9 Å². The topological polar surface area (TPSA) is 58.9 Å². The van der Waals surface area contributed by atoms with Gasteiger partial charge in [0.2, 0.25) is 0 Å². The molecule has 28 heavy (non-hydrogen) atoms. The van der Waals surface area contributed by atoms with Gasteiger partial charge in [-0.25, -0.2) is 4.98 Å². The fraction of sp³-hybridized carbons (Fsp3) is 0.429. The third-order valence-corrected chi connectivity index (χ3v) is 5.93. The molecule has 0 saturated carbocycles. The number of imidazole rings is 1. The summed E-state index contributed by atoms with van der Waals surface area (Å²) in [5, 5.41) is 5.45. The summed E-state index contributed by atoms with van der Waals surface area (Å²) in [6.45, 7) is 2.92. The lowest BCUT2D eigenvalue weighted by Gasteiger charge is -2.17. The Labute approximate surface area is 169 Å². The molecule has 1 aliphatic heterocycles. The van der Waals surface area contributed by atoms with Crippen molar-refractivity contribution < 1.29 is 9.53 Å². The number of hydrogen-bond acceptors (Lipinski definition) is 5. The maximum atomic E-state index is 13.1. The van der Waals surface area contributed by atoms with Crippen LogP contribution in [0.4, 0.5) is 0 Å². The van der Waals surface area contributed by atoms with Crippen molar-refractivity contribution in [3.8, 4) is 0 Å². The van der Waals surface area contributed by atoms with Crippen LogP contribution in [0.3, 0.4) is 0 Å². The van der Waals surface area contributed by atoms with E-state index in [-0.39, 0.29) is 12.0 Å². The number of carbonyl (C=O) groups is 1. The Kier molecular flexibility index (Phi) is 6.04. The van der Waals surface area contributed by atoms with E-state index in [0.717, 1.165) is 43.1 Å². The Morgan fingerprint density at radius 3 is 3.04 bits per heavy atom. The molecule has 1 N–H and O–H groups in total. The van der Waals surface area contributed by atoms with Gasteiger partial charge in [-0.3, -0.25) is 9.20 Å². The first-order valence-corrected chi connectivity index (χ1v) is 10.7. The zero-order chi connectivity index (χ0) is 19.3. The van der Waals surface area contributed by atoms with Gasteiger partial charge in [0.05, 0.1) is 11.8 Å². The molecule has 4 rings (SSSR count). The molecule has 1 atom stereocenters. The number of nitrogens with one attached hydrogen (secondary N) is 1. The maximum absolute atomic E-state index is 13.1. The van der Waals surface area contributed by atoms with E-state index < -0.39 is 0 Å². The normalized spacial score (nSPS) is 16.7. The van der Waals surface area contributed by atoms with E-state index in [4.69, 9.17) is 4.74 Å². The van der Waals surface area contributed by atoms with Crippen LogP contribution < -0.4 is 5.32 Å². The smallest absolute Gasteiger partial charge is 0.274 e. The Bertz CT molecular complexity index is 915. The standard InChI is InChI=1S/C21H26N4O2S/c1-24(10-9-16-6-3-2-4-7-16)20(26)19-18(25-11-13-28-21(25)23-19)15-22-14-17-8-5-12-27-17/h2-4,6-7,11,13,17,22H,5,8-10,12,14-15H2,1H3/t17-/m1/s1. The monoisotopic (exact) mass is 398 g/mol. The average molecular weight is 399 g/mol. The summed E-state index contributed by atoms with van der Waals surface area (Å²) in [7, 11) is 1.85. The molecule has 1 aromatic carbocycles. The number of nitrogens with zero attached hydrogens (tertiary/aromatic N) is 3. The molecule has 2 aromatic heterocycles. The van der Waals surface area contributed by atoms with Gasteiger partial charge in [-0.2, -0.15) is 0 Å². The molecule has 1 fully saturated rings. The van der Waals surface area contributed by atoms with Gasteiger partial charge in [-0.05, 0) is 24.8 Å². The predicted octanol–water partition coefficient (Wildman–Crippen LogP) is 2.98. The second kappa shape index (κ2) is 8.86. The zero-order valence-electron chi connectivity index (χ0n) is 16.1. The van der Waals surface area contributed by atoms with Crippen molar-refractivity contribution in [2.75, 3.05) is 26.7 Å². The van der Waals surface area contributed by atoms with E-state index in [1.165, 1.54) is 5.56 Å². The fourth-order valence-electron chi connectivity index (χ4n) is 3.55. The van der Waals surface area contributed by atoms with E-state index in [0.29, 0.717) is 18.8 Å². The van der Waals surface area contributed by atoms with Crippen molar-refractivity contribution >= 4 is 22.2 Å². The molecule has 6 nitrogen and oxygen atoms in total. The van der Waals surface area contributed by atoms with Crippen LogP contribution >= 0.6 is 11.3 Å². The van der Waals surface area contributed by atoms with Crippen LogP contribution in [0.2, 0.25) is 0 Å². The van der Waals surface area contributed by atoms with E-state index in [1.54, 1.807) is 16.2 Å². The number of likely N-dealkylation sites (N-methyl/N-ethyl adjacent to an activating group) is 1. The van der Waals surface area contributed by atoms with Crippen LogP contribution in [0.15, 0.2) is 41.9 Å². The minimum Gasteiger partial charge on any atom is -0.377 e. The molecular weight excluding hydrogens is 372 g/mol. The Morgan fingerprint density at radius 2 is 2.25 bits per heavy atom. The van der Waals surface area contributed by atoms with Crippen LogP contribution in [0.5, 0.6) is 0 Å². The molecule has 148 valence electrons. The molecule has 1 aliphatic rings. The van der Waals surface area contributed by atoms with Crippen LogP contribution in [-0.4, -0.2) is 53.0 Å². The van der Waals surface area contributed by atoms with Crippen molar-refractivity contribution in [2.24, 2.45) is 0 Å². The number of benzene rings is 1. The molecular formula is C21H26N4O2S. The van der Waals surface area contributed by atoms with Gasteiger partial charge < -0.3 is 15.0 Å².